The van der Waals surface area contributed by atoms with E-state index in [1.54, 1.807) is 6.92 Å². The van der Waals surface area contributed by atoms with E-state index in [1.807, 2.05) is 0 Å². The normalized spacial score (nSPS) is 25.6. The monoisotopic (exact) mass is 284 g/mol. The zero-order valence-electron chi connectivity index (χ0n) is 11.8. The van der Waals surface area contributed by atoms with E-state index in [9.17, 15) is 19.5 Å². The Morgan fingerprint density at radius 1 is 1.35 bits per heavy atom. The molecule has 1 N–H and O–H groups in total. The van der Waals surface area contributed by atoms with Gasteiger partial charge in [0, 0.05) is 5.57 Å². The van der Waals surface area contributed by atoms with Crippen LogP contribution >= 0.6 is 0 Å². The summed E-state index contributed by atoms with van der Waals surface area (Å²) >= 11 is 0. The summed E-state index contributed by atoms with van der Waals surface area (Å²) in [5.41, 5.74) is -1.63. The van der Waals surface area contributed by atoms with E-state index in [4.69, 9.17) is 9.47 Å². The molecular weight excluding hydrogens is 264 g/mol. The highest BCUT2D eigenvalue weighted by atomic mass is 16.6. The van der Waals surface area contributed by atoms with E-state index in [1.165, 1.54) is 6.92 Å². The maximum atomic E-state index is 12.2. The van der Waals surface area contributed by atoms with Crippen LogP contribution in [0.5, 0.6) is 0 Å². The van der Waals surface area contributed by atoms with Crippen molar-refractivity contribution in [1.82, 2.24) is 0 Å². The van der Waals surface area contributed by atoms with Gasteiger partial charge in [0.15, 0.2) is 0 Å². The molecule has 1 aliphatic rings. The van der Waals surface area contributed by atoms with E-state index in [-0.39, 0.29) is 25.0 Å². The average Bonchev–Trinajstić information content (AvgIpc) is 2.38. The van der Waals surface area contributed by atoms with Gasteiger partial charge in [-0.1, -0.05) is 13.0 Å². The van der Waals surface area contributed by atoms with Gasteiger partial charge >= 0.3 is 17.9 Å². The maximum Gasteiger partial charge on any atom is 0.351 e. The Morgan fingerprint density at radius 2 is 2.00 bits per heavy atom. The van der Waals surface area contributed by atoms with Crippen molar-refractivity contribution in [3.8, 4) is 0 Å². The second-order valence-electron chi connectivity index (χ2n) is 4.92. The van der Waals surface area contributed by atoms with Gasteiger partial charge in [-0.25, -0.2) is 9.59 Å². The fourth-order valence-corrected chi connectivity index (χ4v) is 2.38. The maximum absolute atomic E-state index is 12.2. The summed E-state index contributed by atoms with van der Waals surface area (Å²) < 4.78 is 10.2. The number of ether oxygens (including phenoxy) is 2. The van der Waals surface area contributed by atoms with Gasteiger partial charge < -0.3 is 14.6 Å². The van der Waals surface area contributed by atoms with Crippen LogP contribution in [0.1, 0.15) is 39.5 Å². The van der Waals surface area contributed by atoms with Crippen molar-refractivity contribution < 1.29 is 29.0 Å². The SMILES string of the molecule is C=C(C)C(=O)OC1(C(=O)OCC)CCCCC1C(=O)O. The molecule has 0 aliphatic heterocycles. The number of aliphatic carboxylic acids is 1. The summed E-state index contributed by atoms with van der Waals surface area (Å²) in [7, 11) is 0. The Morgan fingerprint density at radius 3 is 2.50 bits per heavy atom. The number of carboxylic acid groups (broad SMARTS) is 1. The molecule has 0 heterocycles. The Bertz CT molecular complexity index is 427. The first-order valence-electron chi connectivity index (χ1n) is 6.64. The standard InChI is InChI=1S/C14H20O6/c1-4-19-13(18)14(20-12(17)9(2)3)8-6-5-7-10(14)11(15)16/h10H,2,4-8H2,1,3H3,(H,15,16). The van der Waals surface area contributed by atoms with Crippen molar-refractivity contribution in [1.29, 1.82) is 0 Å². The van der Waals surface area contributed by atoms with Crippen molar-refractivity contribution in [2.24, 2.45) is 5.92 Å². The molecule has 1 fully saturated rings. The summed E-state index contributed by atoms with van der Waals surface area (Å²) in [5.74, 6) is -3.81. The molecule has 0 radical (unpaired) electrons. The number of carboxylic acids is 1. The van der Waals surface area contributed by atoms with Crippen LogP contribution in [0, 0.1) is 5.92 Å². The molecule has 0 bridgehead atoms. The summed E-state index contributed by atoms with van der Waals surface area (Å²) in [6.07, 6.45) is 1.70. The van der Waals surface area contributed by atoms with Crippen LogP contribution in [0.4, 0.5) is 0 Å². The molecule has 6 nitrogen and oxygen atoms in total. The molecule has 20 heavy (non-hydrogen) atoms. The lowest BCUT2D eigenvalue weighted by molar-refractivity contribution is -0.196. The van der Waals surface area contributed by atoms with Crippen LogP contribution < -0.4 is 0 Å². The second-order valence-corrected chi connectivity index (χ2v) is 4.92. The molecule has 2 unspecified atom stereocenters. The first kappa shape index (κ1) is 16.2. The molecule has 1 rings (SSSR count). The third-order valence-corrected chi connectivity index (χ3v) is 3.40. The predicted octanol–water partition coefficient (Wildman–Crippen LogP) is 1.68. The van der Waals surface area contributed by atoms with Gasteiger partial charge in [-0.3, -0.25) is 4.79 Å². The van der Waals surface area contributed by atoms with Gasteiger partial charge in [0.05, 0.1) is 6.61 Å². The minimum atomic E-state index is -1.74. The van der Waals surface area contributed by atoms with Crippen molar-refractivity contribution in [2.75, 3.05) is 6.61 Å². The second kappa shape index (κ2) is 6.54. The molecule has 2 atom stereocenters. The highest BCUT2D eigenvalue weighted by Crippen LogP contribution is 2.39. The minimum Gasteiger partial charge on any atom is -0.481 e. The van der Waals surface area contributed by atoms with Gasteiger partial charge in [0.2, 0.25) is 5.60 Å². The molecular formula is C14H20O6. The lowest BCUT2D eigenvalue weighted by Crippen LogP contribution is -2.55. The highest BCUT2D eigenvalue weighted by Gasteiger charge is 2.55. The lowest BCUT2D eigenvalue weighted by atomic mass is 9.75. The van der Waals surface area contributed by atoms with Crippen LogP contribution in [-0.2, 0) is 23.9 Å². The third-order valence-electron chi connectivity index (χ3n) is 3.40. The molecule has 1 saturated carbocycles. The molecule has 112 valence electrons. The van der Waals surface area contributed by atoms with Gasteiger partial charge in [0.25, 0.3) is 0 Å². The Hall–Kier alpha value is -1.85. The van der Waals surface area contributed by atoms with Gasteiger partial charge in [-0.05, 0) is 33.1 Å². The van der Waals surface area contributed by atoms with Crippen LogP contribution in [0.3, 0.4) is 0 Å². The minimum absolute atomic E-state index is 0.0948. The molecule has 1 aliphatic carbocycles. The van der Waals surface area contributed by atoms with Crippen molar-refractivity contribution in [2.45, 2.75) is 45.1 Å². The molecule has 0 aromatic heterocycles. The first-order valence-corrected chi connectivity index (χ1v) is 6.64. The van der Waals surface area contributed by atoms with Crippen molar-refractivity contribution in [3.05, 3.63) is 12.2 Å². The number of carbonyl (C=O) groups is 3. The van der Waals surface area contributed by atoms with Gasteiger partial charge in [-0.15, -0.1) is 0 Å². The number of hydrogen-bond donors (Lipinski definition) is 1. The Balaban J connectivity index is 3.16. The predicted molar refractivity (Wildman–Crippen MR) is 69.9 cm³/mol. The zero-order chi connectivity index (χ0) is 15.3. The highest BCUT2D eigenvalue weighted by molar-refractivity contribution is 5.93. The van der Waals surface area contributed by atoms with Crippen molar-refractivity contribution >= 4 is 17.9 Å². The summed E-state index contributed by atoms with van der Waals surface area (Å²) in [5, 5.41) is 9.32. The summed E-state index contributed by atoms with van der Waals surface area (Å²) in [4.78, 5) is 35.4. The molecule has 0 amide bonds. The smallest absolute Gasteiger partial charge is 0.351 e. The average molecular weight is 284 g/mol. The lowest BCUT2D eigenvalue weighted by Gasteiger charge is -2.38. The number of carbonyl (C=O) groups excluding carboxylic acids is 2. The van der Waals surface area contributed by atoms with Gasteiger partial charge in [-0.2, -0.15) is 0 Å². The molecule has 0 spiro atoms. The largest absolute Gasteiger partial charge is 0.481 e. The number of rotatable bonds is 5. The van der Waals surface area contributed by atoms with Crippen LogP contribution in [0.2, 0.25) is 0 Å². The van der Waals surface area contributed by atoms with Crippen LogP contribution in [0.15, 0.2) is 12.2 Å². The van der Waals surface area contributed by atoms with E-state index in [2.05, 4.69) is 6.58 Å². The third kappa shape index (κ3) is 3.18. The van der Waals surface area contributed by atoms with Crippen molar-refractivity contribution in [3.63, 3.8) is 0 Å². The quantitative estimate of drug-likeness (QED) is 0.610. The van der Waals surface area contributed by atoms with E-state index in [0.717, 1.165) is 0 Å². The topological polar surface area (TPSA) is 89.9 Å². The van der Waals surface area contributed by atoms with Gasteiger partial charge in [0.1, 0.15) is 5.92 Å². The summed E-state index contributed by atoms with van der Waals surface area (Å²) in [6, 6.07) is 0. The fraction of sp³-hybridized carbons (Fsp3) is 0.643. The Kier molecular flexibility index (Phi) is 5.30. The molecule has 0 aromatic rings. The van der Waals surface area contributed by atoms with E-state index in [0.29, 0.717) is 12.8 Å². The number of esters is 2. The molecule has 6 heteroatoms. The number of hydrogen-bond acceptors (Lipinski definition) is 5. The first-order chi connectivity index (χ1) is 9.35. The van der Waals surface area contributed by atoms with Crippen LogP contribution in [-0.4, -0.2) is 35.2 Å². The Labute approximate surface area is 117 Å². The zero-order valence-corrected chi connectivity index (χ0v) is 11.8. The van der Waals surface area contributed by atoms with Crippen LogP contribution in [0.25, 0.3) is 0 Å². The summed E-state index contributed by atoms with van der Waals surface area (Å²) in [6.45, 7) is 6.61. The molecule has 0 aromatic carbocycles. The van der Waals surface area contributed by atoms with E-state index < -0.39 is 29.4 Å². The fourth-order valence-electron chi connectivity index (χ4n) is 2.38. The molecule has 0 saturated heterocycles. The van der Waals surface area contributed by atoms with E-state index >= 15 is 0 Å².